The first-order valence-corrected chi connectivity index (χ1v) is 13.0. The van der Waals surface area contributed by atoms with Crippen LogP contribution in [-0.2, 0) is 17.3 Å². The van der Waals surface area contributed by atoms with Gasteiger partial charge in [-0.05, 0) is 59.1 Å². The van der Waals surface area contributed by atoms with Crippen molar-refractivity contribution in [2.45, 2.75) is 63.7 Å². The molecule has 0 saturated heterocycles. The minimum atomic E-state index is -0.104. The van der Waals surface area contributed by atoms with E-state index in [1.807, 2.05) is 11.8 Å². The van der Waals surface area contributed by atoms with Gasteiger partial charge in [-0.3, -0.25) is 0 Å². The van der Waals surface area contributed by atoms with Crippen LogP contribution in [0.2, 0.25) is 0 Å². The Hall–Kier alpha value is -2.33. The van der Waals surface area contributed by atoms with Crippen LogP contribution in [0.4, 0.5) is 5.69 Å². The number of hydrogen-bond acceptors (Lipinski definition) is 4. The third-order valence-electron chi connectivity index (χ3n) is 7.30. The number of para-hydroxylation sites is 1. The lowest BCUT2D eigenvalue weighted by atomic mass is 9.79. The Balaban J connectivity index is 1.31. The second kappa shape index (κ2) is 7.87. The standard InChI is InChI=1S/C29H36N2OS/c1-28(2,3)20-14-18(15-21(27(20)32)29(4,5)6)33-16-30-23-11-12-24-26-19(25(23)26)13-17-9-7-8-10-22(17)31-24/h7-12,14-15,19,25-26,30-32H,13,16H2,1-6H3. The highest BCUT2D eigenvalue weighted by atomic mass is 32.2. The molecule has 1 saturated carbocycles. The van der Waals surface area contributed by atoms with Gasteiger partial charge in [0.05, 0.1) is 5.88 Å². The maximum atomic E-state index is 11.0. The molecule has 0 spiro atoms. The summed E-state index contributed by atoms with van der Waals surface area (Å²) >= 11 is 1.82. The number of allylic oxidation sites excluding steroid dienone is 4. The third kappa shape index (κ3) is 4.19. The number of phenolic OH excluding ortho intramolecular Hbond substituents is 1. The van der Waals surface area contributed by atoms with Crippen LogP contribution >= 0.6 is 11.8 Å². The van der Waals surface area contributed by atoms with Crippen LogP contribution in [0.1, 0.15) is 58.2 Å². The SMILES string of the molecule is CC(C)(C)c1cc(SCNC2=CC=C3Nc4ccccc4CC4C2C34)cc(C(C)(C)C)c1O. The van der Waals surface area contributed by atoms with E-state index in [1.54, 1.807) is 0 Å². The van der Waals surface area contributed by atoms with Gasteiger partial charge in [-0.25, -0.2) is 0 Å². The van der Waals surface area contributed by atoms with Crippen molar-refractivity contribution >= 4 is 17.4 Å². The highest BCUT2D eigenvalue weighted by Crippen LogP contribution is 2.59. The van der Waals surface area contributed by atoms with Crippen molar-refractivity contribution in [1.82, 2.24) is 5.32 Å². The van der Waals surface area contributed by atoms with Gasteiger partial charge in [0, 0.05) is 44.9 Å². The molecule has 3 nitrogen and oxygen atoms in total. The van der Waals surface area contributed by atoms with Gasteiger partial charge in [0.1, 0.15) is 5.75 Å². The molecule has 2 aromatic rings. The molecule has 0 aromatic heterocycles. The number of aromatic hydroxyl groups is 1. The third-order valence-corrected chi connectivity index (χ3v) is 8.15. The summed E-state index contributed by atoms with van der Waals surface area (Å²) in [5.41, 5.74) is 7.28. The summed E-state index contributed by atoms with van der Waals surface area (Å²) in [7, 11) is 0. The number of rotatable bonds is 4. The van der Waals surface area contributed by atoms with Gasteiger partial charge in [0.2, 0.25) is 0 Å². The molecule has 3 N–H and O–H groups in total. The molecule has 174 valence electrons. The molecule has 3 unspecified atom stereocenters. The lowest BCUT2D eigenvalue weighted by Crippen LogP contribution is -2.19. The van der Waals surface area contributed by atoms with Gasteiger partial charge in [-0.1, -0.05) is 59.7 Å². The Morgan fingerprint density at radius 2 is 1.64 bits per heavy atom. The molecule has 5 rings (SSSR count). The maximum absolute atomic E-state index is 11.0. The molecule has 2 aromatic carbocycles. The fourth-order valence-electron chi connectivity index (χ4n) is 5.45. The monoisotopic (exact) mass is 460 g/mol. The van der Waals surface area contributed by atoms with E-state index in [0.717, 1.165) is 23.4 Å². The average molecular weight is 461 g/mol. The van der Waals surface area contributed by atoms with E-state index < -0.39 is 0 Å². The predicted molar refractivity (Wildman–Crippen MR) is 140 cm³/mol. The molecule has 33 heavy (non-hydrogen) atoms. The normalized spacial score (nSPS) is 23.4. The van der Waals surface area contributed by atoms with Gasteiger partial charge in [0.25, 0.3) is 0 Å². The zero-order valence-corrected chi connectivity index (χ0v) is 21.4. The number of fused-ring (bicyclic) bond motifs is 2. The van der Waals surface area contributed by atoms with Gasteiger partial charge in [-0.15, -0.1) is 11.8 Å². The van der Waals surface area contributed by atoms with Crippen LogP contribution in [0.15, 0.2) is 64.8 Å². The Labute approximate surface area is 202 Å². The van der Waals surface area contributed by atoms with Crippen LogP contribution < -0.4 is 10.6 Å². The molecule has 1 aliphatic heterocycles. The van der Waals surface area contributed by atoms with Crippen molar-refractivity contribution in [2.75, 3.05) is 11.2 Å². The molecular weight excluding hydrogens is 424 g/mol. The van der Waals surface area contributed by atoms with Gasteiger partial charge < -0.3 is 15.7 Å². The van der Waals surface area contributed by atoms with E-state index in [2.05, 4.69) is 101 Å². The highest BCUT2D eigenvalue weighted by molar-refractivity contribution is 7.99. The van der Waals surface area contributed by atoms with E-state index in [9.17, 15) is 5.11 Å². The van der Waals surface area contributed by atoms with Gasteiger partial charge >= 0.3 is 0 Å². The zero-order chi connectivity index (χ0) is 23.5. The first-order chi connectivity index (χ1) is 15.5. The number of nitrogens with one attached hydrogen (secondary N) is 2. The van der Waals surface area contributed by atoms with Crippen LogP contribution in [0.25, 0.3) is 0 Å². The molecule has 0 amide bonds. The number of phenols is 1. The Bertz CT molecular complexity index is 1110. The second-order valence-electron chi connectivity index (χ2n) is 11.8. The summed E-state index contributed by atoms with van der Waals surface area (Å²) in [4.78, 5) is 1.21. The molecule has 4 heteroatoms. The fraction of sp³-hybridized carbons (Fsp3) is 0.448. The first kappa shape index (κ1) is 22.5. The van der Waals surface area contributed by atoms with Crippen molar-refractivity contribution < 1.29 is 5.11 Å². The van der Waals surface area contributed by atoms with Crippen molar-refractivity contribution in [3.05, 3.63) is 76.6 Å². The smallest absolute Gasteiger partial charge is 0.123 e. The van der Waals surface area contributed by atoms with Crippen LogP contribution in [0.3, 0.4) is 0 Å². The lowest BCUT2D eigenvalue weighted by molar-refractivity contribution is 0.422. The average Bonchev–Trinajstić information content (AvgIpc) is 3.47. The second-order valence-corrected chi connectivity index (χ2v) is 12.8. The van der Waals surface area contributed by atoms with Crippen LogP contribution in [0.5, 0.6) is 5.75 Å². The Kier molecular flexibility index (Phi) is 5.36. The highest BCUT2D eigenvalue weighted by Gasteiger charge is 2.56. The quantitative estimate of drug-likeness (QED) is 0.342. The van der Waals surface area contributed by atoms with Crippen molar-refractivity contribution in [3.8, 4) is 5.75 Å². The summed E-state index contributed by atoms with van der Waals surface area (Å²) in [5, 5.41) is 18.4. The predicted octanol–water partition coefficient (Wildman–Crippen LogP) is 6.94. The zero-order valence-electron chi connectivity index (χ0n) is 20.6. The molecule has 3 aliphatic rings. The number of anilines is 1. The summed E-state index contributed by atoms with van der Waals surface area (Å²) < 4.78 is 0. The summed E-state index contributed by atoms with van der Waals surface area (Å²) in [6.07, 6.45) is 5.69. The molecule has 2 aliphatic carbocycles. The lowest BCUT2D eigenvalue weighted by Gasteiger charge is -2.28. The largest absolute Gasteiger partial charge is 0.507 e. The minimum absolute atomic E-state index is 0.104. The molecule has 0 radical (unpaired) electrons. The molecular formula is C29H36N2OS. The number of hydrogen-bond donors (Lipinski definition) is 3. The van der Waals surface area contributed by atoms with Crippen molar-refractivity contribution in [2.24, 2.45) is 17.8 Å². The number of benzene rings is 2. The van der Waals surface area contributed by atoms with Crippen molar-refractivity contribution in [3.63, 3.8) is 0 Å². The summed E-state index contributed by atoms with van der Waals surface area (Å²) in [6.45, 7) is 13.0. The van der Waals surface area contributed by atoms with E-state index in [-0.39, 0.29) is 10.8 Å². The van der Waals surface area contributed by atoms with Crippen LogP contribution in [-0.4, -0.2) is 11.0 Å². The minimum Gasteiger partial charge on any atom is -0.507 e. The maximum Gasteiger partial charge on any atom is 0.123 e. The molecule has 1 heterocycles. The van der Waals surface area contributed by atoms with E-state index in [0.29, 0.717) is 23.5 Å². The topological polar surface area (TPSA) is 44.3 Å². The number of thioether (sulfide) groups is 1. The van der Waals surface area contributed by atoms with E-state index in [4.69, 9.17) is 0 Å². The summed E-state index contributed by atoms with van der Waals surface area (Å²) in [5.74, 6) is 3.18. The Morgan fingerprint density at radius 3 is 2.30 bits per heavy atom. The molecule has 0 bridgehead atoms. The molecule has 3 atom stereocenters. The fourth-order valence-corrected chi connectivity index (χ4v) is 6.25. The molecule has 1 fully saturated rings. The first-order valence-electron chi connectivity index (χ1n) is 12.1. The Morgan fingerprint density at radius 1 is 0.970 bits per heavy atom. The van der Waals surface area contributed by atoms with Gasteiger partial charge in [-0.2, -0.15) is 0 Å². The van der Waals surface area contributed by atoms with Gasteiger partial charge in [0.15, 0.2) is 0 Å². The van der Waals surface area contributed by atoms with E-state index in [1.165, 1.54) is 27.5 Å². The van der Waals surface area contributed by atoms with E-state index >= 15 is 0 Å². The summed E-state index contributed by atoms with van der Waals surface area (Å²) in [6, 6.07) is 13.1. The van der Waals surface area contributed by atoms with Crippen LogP contribution in [0, 0.1) is 17.8 Å². The van der Waals surface area contributed by atoms with Crippen molar-refractivity contribution in [1.29, 1.82) is 0 Å².